The number of β-amino-alcohol motifs (C(OH)–C–C–N with tert-alkyl or cyclic N) is 1. The van der Waals surface area contributed by atoms with E-state index >= 15 is 0 Å². The van der Waals surface area contributed by atoms with Crippen molar-refractivity contribution in [3.05, 3.63) is 57.6 Å². The molecule has 222 valence electrons. The molecule has 41 heavy (non-hydrogen) atoms. The van der Waals surface area contributed by atoms with Crippen LogP contribution in [0.15, 0.2) is 45.9 Å². The van der Waals surface area contributed by atoms with Crippen molar-refractivity contribution in [2.75, 3.05) is 25.0 Å². The van der Waals surface area contributed by atoms with Crippen LogP contribution in [0.2, 0.25) is 0 Å². The van der Waals surface area contributed by atoms with Gasteiger partial charge in [-0.1, -0.05) is 22.0 Å². The molecule has 2 aromatic carbocycles. The summed E-state index contributed by atoms with van der Waals surface area (Å²) in [5.41, 5.74) is -3.62. The molecule has 0 saturated carbocycles. The van der Waals surface area contributed by atoms with Crippen LogP contribution in [0, 0.1) is 0 Å². The number of carboxylic acid groups (broad SMARTS) is 1. The van der Waals surface area contributed by atoms with E-state index in [2.05, 4.69) is 42.2 Å². The Hall–Kier alpha value is -3.89. The number of alkyl halides is 3. The zero-order valence-electron chi connectivity index (χ0n) is 21.4. The predicted molar refractivity (Wildman–Crippen MR) is 143 cm³/mol. The number of aliphatic carboxylic acids is 1. The van der Waals surface area contributed by atoms with Crippen LogP contribution in [0.25, 0.3) is 0 Å². The first-order valence-electron chi connectivity index (χ1n) is 12.0. The molecule has 2 aromatic rings. The summed E-state index contributed by atoms with van der Waals surface area (Å²) in [4.78, 5) is 40.8. The second-order valence-electron chi connectivity index (χ2n) is 9.36. The van der Waals surface area contributed by atoms with Crippen LogP contribution >= 0.6 is 15.9 Å². The normalized spacial score (nSPS) is 17.3. The molecule has 3 unspecified atom stereocenters. The molecule has 0 radical (unpaired) electrons. The van der Waals surface area contributed by atoms with E-state index in [9.17, 15) is 48.0 Å². The number of halogens is 4. The number of aliphatic hydroxyl groups is 2. The zero-order chi connectivity index (χ0) is 30.5. The summed E-state index contributed by atoms with van der Waals surface area (Å²) in [5, 5.41) is 49.3. The number of rotatable bonds is 9. The Labute approximate surface area is 239 Å². The lowest BCUT2D eigenvalue weighted by molar-refractivity contribution is -0.258. The van der Waals surface area contributed by atoms with Crippen LogP contribution in [-0.2, 0) is 15.2 Å². The Balaban J connectivity index is 1.71. The van der Waals surface area contributed by atoms with Gasteiger partial charge in [0.05, 0.1) is 31.7 Å². The van der Waals surface area contributed by atoms with Gasteiger partial charge in [-0.2, -0.15) is 13.2 Å². The maximum Gasteiger partial charge on any atom is 0.421 e. The SMILES string of the molecule is CC(O)(c1cc(Br)cc(C(CC(=O)O)NC(=O)CNC(=O)c2cc(O)cc(NC3=NCC(O)CN3)c2)c1)C(F)(F)F. The van der Waals surface area contributed by atoms with Gasteiger partial charge in [0.1, 0.15) is 5.75 Å². The molecule has 8 N–H and O–H groups in total. The molecule has 0 fully saturated rings. The first-order valence-corrected chi connectivity index (χ1v) is 12.8. The number of carboxylic acids is 1. The zero-order valence-corrected chi connectivity index (χ0v) is 23.0. The number of phenols is 1. The Morgan fingerprint density at radius 1 is 1.17 bits per heavy atom. The van der Waals surface area contributed by atoms with Crippen molar-refractivity contribution < 1.29 is 48.0 Å². The number of hydrogen-bond acceptors (Lipinski definition) is 9. The minimum Gasteiger partial charge on any atom is -0.508 e. The number of carbonyl (C=O) groups is 3. The topological polar surface area (TPSA) is 193 Å². The van der Waals surface area contributed by atoms with Crippen LogP contribution in [0.5, 0.6) is 5.75 Å². The molecule has 3 atom stereocenters. The second-order valence-corrected chi connectivity index (χ2v) is 10.3. The van der Waals surface area contributed by atoms with Crippen LogP contribution < -0.4 is 21.3 Å². The summed E-state index contributed by atoms with van der Waals surface area (Å²) in [7, 11) is 0. The highest BCUT2D eigenvalue weighted by Crippen LogP contribution is 2.40. The molecule has 2 amide bonds. The lowest BCUT2D eigenvalue weighted by atomic mass is 9.91. The molecule has 0 bridgehead atoms. The number of amides is 2. The average molecular weight is 646 g/mol. The van der Waals surface area contributed by atoms with Crippen molar-refractivity contribution in [3.8, 4) is 5.75 Å². The molecule has 1 aliphatic rings. The van der Waals surface area contributed by atoms with Gasteiger partial charge >= 0.3 is 12.1 Å². The Kier molecular flexibility index (Phi) is 9.83. The van der Waals surface area contributed by atoms with E-state index in [1.807, 2.05) is 0 Å². The fraction of sp³-hybridized carbons (Fsp3) is 0.360. The molecule has 1 heterocycles. The van der Waals surface area contributed by atoms with Crippen molar-refractivity contribution in [2.24, 2.45) is 4.99 Å². The maximum atomic E-state index is 13.4. The fourth-order valence-corrected chi connectivity index (χ4v) is 4.27. The molecule has 0 aromatic heterocycles. The van der Waals surface area contributed by atoms with Gasteiger partial charge in [-0.15, -0.1) is 0 Å². The highest BCUT2D eigenvalue weighted by atomic mass is 79.9. The van der Waals surface area contributed by atoms with Gasteiger partial charge in [0, 0.05) is 28.3 Å². The largest absolute Gasteiger partial charge is 0.508 e. The molecule has 0 saturated heterocycles. The van der Waals surface area contributed by atoms with Crippen LogP contribution in [0.4, 0.5) is 18.9 Å². The lowest BCUT2D eigenvalue weighted by Crippen LogP contribution is -2.42. The Morgan fingerprint density at radius 2 is 1.88 bits per heavy atom. The van der Waals surface area contributed by atoms with Crippen molar-refractivity contribution in [3.63, 3.8) is 0 Å². The number of benzene rings is 2. The van der Waals surface area contributed by atoms with Crippen molar-refractivity contribution in [1.29, 1.82) is 0 Å². The minimum absolute atomic E-state index is 0.0311. The van der Waals surface area contributed by atoms with Crippen LogP contribution in [-0.4, -0.2) is 76.1 Å². The van der Waals surface area contributed by atoms with Gasteiger partial charge in [-0.3, -0.25) is 19.4 Å². The second kappa shape index (κ2) is 12.7. The van der Waals surface area contributed by atoms with E-state index in [1.165, 1.54) is 18.2 Å². The van der Waals surface area contributed by atoms with E-state index in [0.717, 1.165) is 18.2 Å². The highest BCUT2D eigenvalue weighted by Gasteiger charge is 2.51. The molecule has 3 rings (SSSR count). The van der Waals surface area contributed by atoms with Gasteiger partial charge in [-0.25, -0.2) is 0 Å². The number of guanidine groups is 1. The quantitative estimate of drug-likeness (QED) is 0.200. The molecular formula is C25H27BrF3N5O7. The lowest BCUT2D eigenvalue weighted by Gasteiger charge is -2.28. The van der Waals surface area contributed by atoms with Crippen molar-refractivity contribution in [2.45, 2.75) is 37.3 Å². The molecule has 16 heteroatoms. The van der Waals surface area contributed by atoms with Gasteiger partial charge in [-0.05, 0) is 42.3 Å². The van der Waals surface area contributed by atoms with E-state index < -0.39 is 60.2 Å². The minimum atomic E-state index is -5.04. The first kappa shape index (κ1) is 31.6. The molecule has 12 nitrogen and oxygen atoms in total. The molecule has 1 aliphatic heterocycles. The van der Waals surface area contributed by atoms with Crippen LogP contribution in [0.3, 0.4) is 0 Å². The summed E-state index contributed by atoms with van der Waals surface area (Å²) in [5.74, 6) is -2.96. The number of carbonyl (C=O) groups excluding carboxylic acids is 2. The summed E-state index contributed by atoms with van der Waals surface area (Å²) in [6.45, 7) is 0.312. The van der Waals surface area contributed by atoms with Gasteiger partial charge in [0.15, 0.2) is 11.6 Å². The number of aliphatic hydroxyl groups excluding tert-OH is 1. The van der Waals surface area contributed by atoms with Crippen molar-refractivity contribution >= 4 is 45.4 Å². The van der Waals surface area contributed by atoms with Gasteiger partial charge in [0.25, 0.3) is 5.91 Å². The summed E-state index contributed by atoms with van der Waals surface area (Å²) in [6.07, 6.45) is -6.39. The fourth-order valence-electron chi connectivity index (χ4n) is 3.76. The Bertz CT molecular complexity index is 1350. The van der Waals surface area contributed by atoms with Gasteiger partial charge in [0.2, 0.25) is 5.91 Å². The average Bonchev–Trinajstić information content (AvgIpc) is 2.86. The standard InChI is InChI=1S/C25H27BrF3N5O7/c1-24(41,25(27,28)29)14-2-12(3-15(26)6-14)19(8-21(38)39)34-20(37)11-30-22(40)13-4-16(7-17(35)5-13)33-23-31-9-18(36)10-32-23/h2-7,18-19,35-36,41H,8-11H2,1H3,(H,30,40)(H,34,37)(H,38,39)(H2,31,32,33). The Morgan fingerprint density at radius 3 is 2.49 bits per heavy atom. The van der Waals surface area contributed by atoms with E-state index in [1.54, 1.807) is 0 Å². The van der Waals surface area contributed by atoms with Gasteiger partial charge < -0.3 is 41.7 Å². The monoisotopic (exact) mass is 645 g/mol. The maximum absolute atomic E-state index is 13.4. The molecule has 0 spiro atoms. The predicted octanol–water partition coefficient (Wildman–Crippen LogP) is 1.72. The number of nitrogens with zero attached hydrogens (tertiary/aromatic N) is 1. The third kappa shape index (κ3) is 8.55. The number of aliphatic imine (C=N–C) groups is 1. The van der Waals surface area contributed by atoms with E-state index in [0.29, 0.717) is 12.9 Å². The smallest absolute Gasteiger partial charge is 0.421 e. The van der Waals surface area contributed by atoms with Crippen LogP contribution in [0.1, 0.15) is 40.9 Å². The summed E-state index contributed by atoms with van der Waals surface area (Å²) < 4.78 is 40.3. The number of phenolic OH excluding ortho intramolecular Hbond substituents is 1. The van der Waals surface area contributed by atoms with E-state index in [-0.39, 0.29) is 40.1 Å². The highest BCUT2D eigenvalue weighted by molar-refractivity contribution is 9.10. The third-order valence-electron chi connectivity index (χ3n) is 5.97. The number of hydrogen-bond donors (Lipinski definition) is 8. The van der Waals surface area contributed by atoms with Crippen molar-refractivity contribution in [1.82, 2.24) is 16.0 Å². The molecular weight excluding hydrogens is 619 g/mol. The molecule has 0 aliphatic carbocycles. The number of anilines is 1. The number of nitrogens with one attached hydrogen (secondary N) is 4. The third-order valence-corrected chi connectivity index (χ3v) is 6.43. The summed E-state index contributed by atoms with van der Waals surface area (Å²) in [6, 6.07) is 5.78. The summed E-state index contributed by atoms with van der Waals surface area (Å²) >= 11 is 3.05. The van der Waals surface area contributed by atoms with E-state index in [4.69, 9.17) is 0 Å². The first-order chi connectivity index (χ1) is 19.0. The number of aromatic hydroxyl groups is 1.